The zero-order valence-electron chi connectivity index (χ0n) is 12.5. The van der Waals surface area contributed by atoms with E-state index in [1.807, 2.05) is 0 Å². The number of carbonyl (C=O) groups excluding carboxylic acids is 1. The quantitative estimate of drug-likeness (QED) is 0.770. The van der Waals surface area contributed by atoms with Crippen LogP contribution in [0.2, 0.25) is 0 Å². The molecule has 1 spiro atoms. The average Bonchev–Trinajstić information content (AvgIpc) is 2.53. The van der Waals surface area contributed by atoms with E-state index in [4.69, 9.17) is 16.9 Å². The van der Waals surface area contributed by atoms with E-state index in [1.165, 1.54) is 6.07 Å². The van der Waals surface area contributed by atoms with Crippen molar-refractivity contribution in [1.29, 1.82) is 0 Å². The second kappa shape index (κ2) is 5.80. The van der Waals surface area contributed by atoms with Gasteiger partial charge in [-0.2, -0.15) is 0 Å². The first-order valence-electron chi connectivity index (χ1n) is 7.32. The minimum absolute atomic E-state index is 0.0452. The van der Waals surface area contributed by atoms with Gasteiger partial charge in [0, 0.05) is 31.6 Å². The highest BCUT2D eigenvalue weighted by Gasteiger charge is 2.39. The van der Waals surface area contributed by atoms with Crippen LogP contribution in [0.4, 0.5) is 14.9 Å². The molecule has 0 aromatic heterocycles. The zero-order valence-corrected chi connectivity index (χ0v) is 12.5. The summed E-state index contributed by atoms with van der Waals surface area (Å²) in [5, 5.41) is 3.27. The van der Waals surface area contributed by atoms with Crippen LogP contribution in [0.25, 0.3) is 0 Å². The highest BCUT2D eigenvalue weighted by molar-refractivity contribution is 6.04. The lowest BCUT2D eigenvalue weighted by molar-refractivity contribution is 0.0962. The third-order valence-corrected chi connectivity index (χ3v) is 4.10. The SMILES string of the molecule is C#CCOC(=O)N1CCC2(CC1)N=C(N)c1c(F)cccc1N2. The molecule has 7 heteroatoms. The summed E-state index contributed by atoms with van der Waals surface area (Å²) in [6.07, 6.45) is 5.74. The van der Waals surface area contributed by atoms with Crippen LogP contribution in [-0.4, -0.2) is 42.2 Å². The summed E-state index contributed by atoms with van der Waals surface area (Å²) in [5.74, 6) is 2.04. The fourth-order valence-corrected chi connectivity index (χ4v) is 2.94. The lowest BCUT2D eigenvalue weighted by Crippen LogP contribution is -2.52. The first kappa shape index (κ1) is 15.2. The van der Waals surface area contributed by atoms with Crippen molar-refractivity contribution in [3.8, 4) is 12.3 Å². The smallest absolute Gasteiger partial charge is 0.410 e. The Bertz CT molecular complexity index is 703. The molecule has 3 N–H and O–H groups in total. The van der Waals surface area contributed by atoms with E-state index in [9.17, 15) is 9.18 Å². The first-order valence-corrected chi connectivity index (χ1v) is 7.32. The molecule has 1 saturated heterocycles. The predicted molar refractivity (Wildman–Crippen MR) is 84.5 cm³/mol. The van der Waals surface area contributed by atoms with Crippen LogP contribution in [-0.2, 0) is 4.74 Å². The summed E-state index contributed by atoms with van der Waals surface area (Å²) >= 11 is 0. The molecular formula is C16H17FN4O2. The van der Waals surface area contributed by atoms with Crippen LogP contribution in [0, 0.1) is 18.2 Å². The van der Waals surface area contributed by atoms with Crippen molar-refractivity contribution in [1.82, 2.24) is 4.90 Å². The van der Waals surface area contributed by atoms with Crippen LogP contribution >= 0.6 is 0 Å². The van der Waals surface area contributed by atoms with Gasteiger partial charge in [0.2, 0.25) is 0 Å². The Balaban J connectivity index is 1.74. The monoisotopic (exact) mass is 316 g/mol. The summed E-state index contributed by atoms with van der Waals surface area (Å²) in [5.41, 5.74) is 6.26. The van der Waals surface area contributed by atoms with Crippen LogP contribution in [0.5, 0.6) is 0 Å². The number of ether oxygens (including phenoxy) is 1. The predicted octanol–water partition coefficient (Wildman–Crippen LogP) is 1.52. The minimum atomic E-state index is -0.617. The number of likely N-dealkylation sites (tertiary alicyclic amines) is 1. The van der Waals surface area contributed by atoms with E-state index < -0.39 is 17.6 Å². The second-order valence-electron chi connectivity index (χ2n) is 5.56. The Labute approximate surface area is 133 Å². The molecule has 0 bridgehead atoms. The number of terminal acetylenes is 1. The van der Waals surface area contributed by atoms with E-state index in [1.54, 1.807) is 17.0 Å². The van der Waals surface area contributed by atoms with Gasteiger partial charge in [-0.15, -0.1) is 6.42 Å². The van der Waals surface area contributed by atoms with Crippen molar-refractivity contribution in [3.05, 3.63) is 29.6 Å². The van der Waals surface area contributed by atoms with Crippen molar-refractivity contribution in [2.75, 3.05) is 25.0 Å². The molecule has 23 heavy (non-hydrogen) atoms. The van der Waals surface area contributed by atoms with Crippen molar-refractivity contribution < 1.29 is 13.9 Å². The molecular weight excluding hydrogens is 299 g/mol. The number of nitrogens with zero attached hydrogens (tertiary/aromatic N) is 2. The van der Waals surface area contributed by atoms with Gasteiger partial charge in [-0.1, -0.05) is 12.0 Å². The molecule has 1 fully saturated rings. The normalized spacial score (nSPS) is 18.4. The number of piperidine rings is 1. The molecule has 2 heterocycles. The molecule has 1 aromatic rings. The Hall–Kier alpha value is -2.75. The van der Waals surface area contributed by atoms with Crippen LogP contribution in [0.1, 0.15) is 18.4 Å². The minimum Gasteiger partial charge on any atom is -0.436 e. The van der Waals surface area contributed by atoms with Gasteiger partial charge in [0.1, 0.15) is 17.3 Å². The van der Waals surface area contributed by atoms with Crippen molar-refractivity contribution in [2.45, 2.75) is 18.5 Å². The standard InChI is InChI=1S/C16H17FN4O2/c1-2-10-23-15(22)21-8-6-16(7-9-21)19-12-5-3-4-11(17)13(12)14(18)20-16/h1,3-5,19H,6-10H2,(H2,18,20). The molecule has 0 radical (unpaired) electrons. The lowest BCUT2D eigenvalue weighted by atomic mass is 9.94. The maximum absolute atomic E-state index is 13.9. The Morgan fingerprint density at radius 3 is 2.96 bits per heavy atom. The Kier molecular flexibility index (Phi) is 3.82. The lowest BCUT2D eigenvalue weighted by Gasteiger charge is -2.42. The number of anilines is 1. The largest absolute Gasteiger partial charge is 0.436 e. The number of amidine groups is 1. The average molecular weight is 316 g/mol. The molecule has 2 aliphatic rings. The summed E-state index contributed by atoms with van der Waals surface area (Å²) in [6, 6.07) is 4.75. The number of nitrogens with two attached hydrogens (primary N) is 1. The molecule has 1 aromatic carbocycles. The fourth-order valence-electron chi connectivity index (χ4n) is 2.94. The van der Waals surface area contributed by atoms with Gasteiger partial charge < -0.3 is 20.7 Å². The van der Waals surface area contributed by atoms with Crippen molar-refractivity contribution >= 4 is 17.6 Å². The van der Waals surface area contributed by atoms with E-state index in [2.05, 4.69) is 16.2 Å². The summed E-state index contributed by atoms with van der Waals surface area (Å²) in [7, 11) is 0. The number of halogens is 1. The van der Waals surface area contributed by atoms with Gasteiger partial charge in [-0.3, -0.25) is 0 Å². The summed E-state index contributed by atoms with van der Waals surface area (Å²) in [4.78, 5) is 17.9. The van der Waals surface area contributed by atoms with Gasteiger partial charge in [0.05, 0.1) is 5.56 Å². The molecule has 6 nitrogen and oxygen atoms in total. The number of hydrogen-bond acceptors (Lipinski definition) is 5. The van der Waals surface area contributed by atoms with Gasteiger partial charge in [-0.25, -0.2) is 14.2 Å². The molecule has 1 amide bonds. The molecule has 0 atom stereocenters. The number of hydrogen-bond donors (Lipinski definition) is 2. The molecule has 2 aliphatic heterocycles. The first-order chi connectivity index (χ1) is 11.0. The number of fused-ring (bicyclic) bond motifs is 1. The number of amides is 1. The van der Waals surface area contributed by atoms with E-state index in [0.29, 0.717) is 37.2 Å². The molecule has 0 unspecified atom stereocenters. The fraction of sp³-hybridized carbons (Fsp3) is 0.375. The number of nitrogens with one attached hydrogen (secondary N) is 1. The van der Waals surface area contributed by atoms with E-state index >= 15 is 0 Å². The van der Waals surface area contributed by atoms with Crippen molar-refractivity contribution in [2.24, 2.45) is 10.7 Å². The number of benzene rings is 1. The molecule has 0 saturated carbocycles. The maximum atomic E-state index is 13.9. The van der Waals surface area contributed by atoms with E-state index in [-0.39, 0.29) is 12.4 Å². The molecule has 3 rings (SSSR count). The van der Waals surface area contributed by atoms with Gasteiger partial charge in [-0.05, 0) is 12.1 Å². The third-order valence-electron chi connectivity index (χ3n) is 4.10. The van der Waals surface area contributed by atoms with Crippen LogP contribution in [0.3, 0.4) is 0 Å². The highest BCUT2D eigenvalue weighted by Crippen LogP contribution is 2.34. The third kappa shape index (κ3) is 2.80. The zero-order chi connectivity index (χ0) is 16.4. The molecule has 0 aliphatic carbocycles. The summed E-state index contributed by atoms with van der Waals surface area (Å²) in [6.45, 7) is 0.867. The highest BCUT2D eigenvalue weighted by atomic mass is 19.1. The van der Waals surface area contributed by atoms with Crippen LogP contribution < -0.4 is 11.1 Å². The van der Waals surface area contributed by atoms with Crippen LogP contribution in [0.15, 0.2) is 23.2 Å². The Morgan fingerprint density at radius 2 is 2.26 bits per heavy atom. The van der Waals surface area contributed by atoms with Gasteiger partial charge >= 0.3 is 6.09 Å². The number of aliphatic imine (C=N–C) groups is 1. The molecule has 120 valence electrons. The topological polar surface area (TPSA) is 80.0 Å². The Morgan fingerprint density at radius 1 is 1.52 bits per heavy atom. The maximum Gasteiger partial charge on any atom is 0.410 e. The number of carbonyl (C=O) groups is 1. The van der Waals surface area contributed by atoms with Gasteiger partial charge in [0.15, 0.2) is 6.61 Å². The van der Waals surface area contributed by atoms with Crippen molar-refractivity contribution in [3.63, 3.8) is 0 Å². The second-order valence-corrected chi connectivity index (χ2v) is 5.56. The van der Waals surface area contributed by atoms with Gasteiger partial charge in [0.25, 0.3) is 0 Å². The summed E-state index contributed by atoms with van der Waals surface area (Å²) < 4.78 is 18.8. The number of rotatable bonds is 1. The van der Waals surface area contributed by atoms with E-state index in [0.717, 1.165) is 0 Å².